The first kappa shape index (κ1) is 11.7. The van der Waals surface area contributed by atoms with Crippen LogP contribution in [0.25, 0.3) is 0 Å². The van der Waals surface area contributed by atoms with Crippen LogP contribution in [0.15, 0.2) is 6.20 Å². The summed E-state index contributed by atoms with van der Waals surface area (Å²) in [5.74, 6) is -3.58. The molecule has 0 aliphatic heterocycles. The van der Waals surface area contributed by atoms with Crippen molar-refractivity contribution in [2.24, 2.45) is 0 Å². The minimum Gasteiger partial charge on any atom is -0.477 e. The van der Waals surface area contributed by atoms with Crippen molar-refractivity contribution in [3.63, 3.8) is 0 Å². The monoisotopic (exact) mass is 227 g/mol. The second kappa shape index (κ2) is 4.91. The highest BCUT2D eigenvalue weighted by molar-refractivity contribution is 6.37. The average molecular weight is 227 g/mol. The highest BCUT2D eigenvalue weighted by Gasteiger charge is 2.19. The maximum atomic E-state index is 11.1. The van der Waals surface area contributed by atoms with Crippen LogP contribution in [0.4, 0.5) is 5.82 Å². The van der Waals surface area contributed by atoms with Crippen molar-refractivity contribution in [3.8, 4) is 0 Å². The fourth-order valence-corrected chi connectivity index (χ4v) is 0.905. The van der Waals surface area contributed by atoms with Gasteiger partial charge in [0.1, 0.15) is 11.4 Å². The zero-order valence-electron chi connectivity index (χ0n) is 8.31. The fraction of sp³-hybridized carbons (Fsp3) is 0.250. The van der Waals surface area contributed by atoms with E-state index in [9.17, 15) is 14.4 Å². The Kier molecular flexibility index (Phi) is 3.59. The van der Waals surface area contributed by atoms with Gasteiger partial charge in [-0.2, -0.15) is 5.10 Å². The molecule has 1 rings (SSSR count). The van der Waals surface area contributed by atoms with Crippen molar-refractivity contribution < 1.29 is 24.2 Å². The summed E-state index contributed by atoms with van der Waals surface area (Å²) in [6.45, 7) is 1.60. The number of hydrogen-bond donors (Lipinski definition) is 3. The Morgan fingerprint density at radius 3 is 2.81 bits per heavy atom. The van der Waals surface area contributed by atoms with E-state index in [1.807, 2.05) is 5.32 Å². The molecule has 8 heteroatoms. The van der Waals surface area contributed by atoms with Gasteiger partial charge >= 0.3 is 17.8 Å². The van der Waals surface area contributed by atoms with E-state index < -0.39 is 17.8 Å². The van der Waals surface area contributed by atoms with Crippen molar-refractivity contribution in [3.05, 3.63) is 11.8 Å². The Morgan fingerprint density at radius 1 is 1.56 bits per heavy atom. The summed E-state index contributed by atoms with van der Waals surface area (Å²) < 4.78 is 4.42. The van der Waals surface area contributed by atoms with Gasteiger partial charge in [-0.15, -0.1) is 0 Å². The Bertz CT molecular complexity index is 425. The summed E-state index contributed by atoms with van der Waals surface area (Å²) in [4.78, 5) is 32.7. The molecule has 0 saturated heterocycles. The SMILES string of the molecule is CCOC(=O)C(=O)Nc1[nH]ncc1C(=O)O. The van der Waals surface area contributed by atoms with E-state index in [0.29, 0.717) is 0 Å². The van der Waals surface area contributed by atoms with Gasteiger partial charge in [-0.05, 0) is 6.92 Å². The lowest BCUT2D eigenvalue weighted by atomic mass is 10.3. The summed E-state index contributed by atoms with van der Waals surface area (Å²) in [6, 6.07) is 0. The molecule has 86 valence electrons. The number of esters is 1. The number of carbonyl (C=O) groups excluding carboxylic acids is 2. The van der Waals surface area contributed by atoms with Gasteiger partial charge in [0.2, 0.25) is 0 Å². The predicted octanol–water partition coefficient (Wildman–Crippen LogP) is -0.391. The minimum absolute atomic E-state index is 0.0566. The van der Waals surface area contributed by atoms with E-state index in [-0.39, 0.29) is 18.0 Å². The highest BCUT2D eigenvalue weighted by Crippen LogP contribution is 2.10. The molecule has 3 N–H and O–H groups in total. The summed E-state index contributed by atoms with van der Waals surface area (Å²) in [5.41, 5.74) is -0.238. The maximum Gasteiger partial charge on any atom is 0.397 e. The second-order valence-corrected chi connectivity index (χ2v) is 2.64. The molecule has 8 nitrogen and oxygen atoms in total. The lowest BCUT2D eigenvalue weighted by Crippen LogP contribution is -2.26. The Morgan fingerprint density at radius 2 is 2.25 bits per heavy atom. The van der Waals surface area contributed by atoms with Crippen LogP contribution < -0.4 is 5.32 Å². The molecule has 1 amide bonds. The van der Waals surface area contributed by atoms with E-state index in [0.717, 1.165) is 6.20 Å². The van der Waals surface area contributed by atoms with Crippen molar-refractivity contribution in [1.29, 1.82) is 0 Å². The number of H-pyrrole nitrogens is 1. The van der Waals surface area contributed by atoms with Crippen LogP contribution in [0.1, 0.15) is 17.3 Å². The first-order valence-corrected chi connectivity index (χ1v) is 4.31. The molecule has 0 radical (unpaired) electrons. The van der Waals surface area contributed by atoms with Gasteiger partial charge in [-0.1, -0.05) is 0 Å². The standard InChI is InChI=1S/C8H9N3O5/c1-2-16-8(15)6(12)10-5-4(7(13)14)3-9-11-5/h3H,2H2,1H3,(H,13,14)(H2,9,10,11,12). The fourth-order valence-electron chi connectivity index (χ4n) is 0.905. The molecule has 16 heavy (non-hydrogen) atoms. The summed E-state index contributed by atoms with van der Waals surface area (Å²) in [5, 5.41) is 16.4. The van der Waals surface area contributed by atoms with Crippen molar-refractivity contribution in [2.45, 2.75) is 6.92 Å². The molecule has 0 saturated carbocycles. The smallest absolute Gasteiger partial charge is 0.397 e. The van der Waals surface area contributed by atoms with E-state index in [1.165, 1.54) is 0 Å². The summed E-state index contributed by atoms with van der Waals surface area (Å²) >= 11 is 0. The number of carboxylic acids is 1. The molecule has 0 fully saturated rings. The number of carbonyl (C=O) groups is 3. The topological polar surface area (TPSA) is 121 Å². The Hall–Kier alpha value is -2.38. The number of hydrogen-bond acceptors (Lipinski definition) is 5. The predicted molar refractivity (Wildman–Crippen MR) is 50.8 cm³/mol. The molecular formula is C8H9N3O5. The Balaban J connectivity index is 2.73. The van der Waals surface area contributed by atoms with Crippen LogP contribution in [-0.4, -0.2) is 39.8 Å². The van der Waals surface area contributed by atoms with E-state index >= 15 is 0 Å². The van der Waals surface area contributed by atoms with Crippen LogP contribution in [0, 0.1) is 0 Å². The third-order valence-corrected chi connectivity index (χ3v) is 1.57. The lowest BCUT2D eigenvalue weighted by molar-refractivity contribution is -0.152. The number of nitrogens with zero attached hydrogens (tertiary/aromatic N) is 1. The summed E-state index contributed by atoms with van der Waals surface area (Å²) in [6.07, 6.45) is 1.02. The molecular weight excluding hydrogens is 218 g/mol. The number of aromatic carboxylic acids is 1. The number of aromatic nitrogens is 2. The van der Waals surface area contributed by atoms with Gasteiger partial charge in [-0.25, -0.2) is 9.59 Å². The third kappa shape index (κ3) is 2.56. The van der Waals surface area contributed by atoms with Crippen molar-refractivity contribution >= 4 is 23.7 Å². The molecule has 1 heterocycles. The minimum atomic E-state index is -1.27. The number of nitrogens with one attached hydrogen (secondary N) is 2. The molecule has 0 unspecified atom stereocenters. The van der Waals surface area contributed by atoms with Gasteiger partial charge in [0.25, 0.3) is 0 Å². The molecule has 0 aliphatic carbocycles. The zero-order chi connectivity index (χ0) is 12.1. The molecule has 0 aliphatic rings. The number of amides is 1. The van der Waals surface area contributed by atoms with Gasteiger partial charge < -0.3 is 15.2 Å². The number of ether oxygens (including phenoxy) is 1. The highest BCUT2D eigenvalue weighted by atomic mass is 16.5. The number of aromatic amines is 1. The van der Waals surface area contributed by atoms with E-state index in [1.54, 1.807) is 6.92 Å². The van der Waals surface area contributed by atoms with Crippen molar-refractivity contribution in [2.75, 3.05) is 11.9 Å². The lowest BCUT2D eigenvalue weighted by Gasteiger charge is -2.02. The van der Waals surface area contributed by atoms with Gasteiger partial charge in [-0.3, -0.25) is 9.89 Å². The molecule has 1 aromatic heterocycles. The largest absolute Gasteiger partial charge is 0.477 e. The molecule has 1 aromatic rings. The molecule has 0 atom stereocenters. The number of carboxylic acid groups (broad SMARTS) is 1. The van der Waals surface area contributed by atoms with Crippen molar-refractivity contribution in [1.82, 2.24) is 10.2 Å². The van der Waals surface area contributed by atoms with Gasteiger partial charge in [0.15, 0.2) is 0 Å². The normalized spacial score (nSPS) is 9.56. The van der Waals surface area contributed by atoms with Gasteiger partial charge in [0.05, 0.1) is 12.8 Å². The first-order valence-electron chi connectivity index (χ1n) is 4.31. The van der Waals surface area contributed by atoms with E-state index in [2.05, 4.69) is 14.9 Å². The molecule has 0 aromatic carbocycles. The van der Waals surface area contributed by atoms with Gasteiger partial charge in [0, 0.05) is 0 Å². The quantitative estimate of drug-likeness (QED) is 0.477. The molecule has 0 bridgehead atoms. The van der Waals surface area contributed by atoms with Crippen LogP contribution in [-0.2, 0) is 14.3 Å². The first-order chi connectivity index (χ1) is 7.56. The number of rotatable bonds is 3. The maximum absolute atomic E-state index is 11.1. The Labute approximate surface area is 89.6 Å². The van der Waals surface area contributed by atoms with Crippen LogP contribution >= 0.6 is 0 Å². The van der Waals surface area contributed by atoms with Crippen LogP contribution in [0.3, 0.4) is 0 Å². The van der Waals surface area contributed by atoms with Crippen LogP contribution in [0.5, 0.6) is 0 Å². The average Bonchev–Trinajstić information content (AvgIpc) is 2.66. The number of anilines is 1. The third-order valence-electron chi connectivity index (χ3n) is 1.57. The van der Waals surface area contributed by atoms with Crippen LogP contribution in [0.2, 0.25) is 0 Å². The van der Waals surface area contributed by atoms with E-state index in [4.69, 9.17) is 5.11 Å². The summed E-state index contributed by atoms with van der Waals surface area (Å²) in [7, 11) is 0. The zero-order valence-corrected chi connectivity index (χ0v) is 8.31. The second-order valence-electron chi connectivity index (χ2n) is 2.64. The molecule has 0 spiro atoms.